The van der Waals surface area contributed by atoms with E-state index >= 15 is 0 Å². The van der Waals surface area contributed by atoms with Crippen LogP contribution < -0.4 is 0 Å². The monoisotopic (exact) mass is 718 g/mol. The van der Waals surface area contributed by atoms with Crippen LogP contribution >= 0.6 is 11.3 Å². The summed E-state index contributed by atoms with van der Waals surface area (Å²) in [5.74, 6) is 0.697. The number of aromatic nitrogens is 2. The molecule has 0 spiro atoms. The highest BCUT2D eigenvalue weighted by atomic mass is 32.1. The summed E-state index contributed by atoms with van der Waals surface area (Å²) in [6.45, 7) is 0. The number of hydrogen-bond donors (Lipinski definition) is 0. The Bertz CT molecular complexity index is 2970. The standard InChI is InChI=1S/C52H34N2S/c1-4-15-35(16-5-1)38-21-12-23-40(29-38)42-31-43(45-26-14-27-47-46-25-10-11-28-50(46)55-51(45)47)33-44(32-42)49-34-48(53-52(54-49)37-19-8-3-9-20-37)41-24-13-22-39(30-41)36-17-6-2-7-18-36/h1-34H. The van der Waals surface area contributed by atoms with Crippen LogP contribution in [0.5, 0.6) is 0 Å². The van der Waals surface area contributed by atoms with Crippen LogP contribution in [0.15, 0.2) is 206 Å². The van der Waals surface area contributed by atoms with Crippen molar-refractivity contribution < 1.29 is 0 Å². The van der Waals surface area contributed by atoms with E-state index in [4.69, 9.17) is 9.97 Å². The van der Waals surface area contributed by atoms with Gasteiger partial charge in [0.25, 0.3) is 0 Å². The molecular formula is C52H34N2S. The van der Waals surface area contributed by atoms with Crippen LogP contribution in [0.1, 0.15) is 0 Å². The minimum absolute atomic E-state index is 0.697. The molecule has 0 N–H and O–H groups in total. The number of benzene rings is 8. The maximum absolute atomic E-state index is 5.30. The van der Waals surface area contributed by atoms with Gasteiger partial charge in [0.2, 0.25) is 0 Å². The summed E-state index contributed by atoms with van der Waals surface area (Å²) in [7, 11) is 0. The highest BCUT2D eigenvalue weighted by Gasteiger charge is 2.17. The maximum Gasteiger partial charge on any atom is 0.160 e. The van der Waals surface area contributed by atoms with Crippen LogP contribution in [0, 0.1) is 0 Å². The van der Waals surface area contributed by atoms with Gasteiger partial charge >= 0.3 is 0 Å². The molecule has 2 nitrogen and oxygen atoms in total. The zero-order valence-corrected chi connectivity index (χ0v) is 30.7. The van der Waals surface area contributed by atoms with Gasteiger partial charge in [0, 0.05) is 36.9 Å². The predicted molar refractivity (Wildman–Crippen MR) is 233 cm³/mol. The molecular weight excluding hydrogens is 685 g/mol. The summed E-state index contributed by atoms with van der Waals surface area (Å²) in [5, 5.41) is 2.58. The average Bonchev–Trinajstić information content (AvgIpc) is 3.66. The van der Waals surface area contributed by atoms with Gasteiger partial charge in [0.05, 0.1) is 11.4 Å². The first-order valence-electron chi connectivity index (χ1n) is 18.6. The van der Waals surface area contributed by atoms with Crippen molar-refractivity contribution in [3.63, 3.8) is 0 Å². The molecule has 0 saturated heterocycles. The Morgan fingerprint density at radius 3 is 1.44 bits per heavy atom. The van der Waals surface area contributed by atoms with Gasteiger partial charge in [-0.15, -0.1) is 11.3 Å². The van der Waals surface area contributed by atoms with E-state index in [2.05, 4.69) is 188 Å². The second-order valence-corrected chi connectivity index (χ2v) is 14.9. The Morgan fingerprint density at radius 1 is 0.291 bits per heavy atom. The number of hydrogen-bond acceptors (Lipinski definition) is 3. The quantitative estimate of drug-likeness (QED) is 0.164. The van der Waals surface area contributed by atoms with Crippen molar-refractivity contribution >= 4 is 31.5 Å². The van der Waals surface area contributed by atoms with E-state index in [1.165, 1.54) is 42.4 Å². The molecule has 0 aliphatic heterocycles. The average molecular weight is 719 g/mol. The van der Waals surface area contributed by atoms with E-state index in [0.717, 1.165) is 50.3 Å². The molecule has 55 heavy (non-hydrogen) atoms. The number of nitrogens with zero attached hydrogens (tertiary/aromatic N) is 2. The molecule has 0 bridgehead atoms. The molecule has 0 saturated carbocycles. The van der Waals surface area contributed by atoms with Crippen LogP contribution in [0.4, 0.5) is 0 Å². The smallest absolute Gasteiger partial charge is 0.160 e. The normalized spacial score (nSPS) is 11.3. The van der Waals surface area contributed by atoms with Gasteiger partial charge in [-0.05, 0) is 87.0 Å². The van der Waals surface area contributed by atoms with E-state index < -0.39 is 0 Å². The third-order valence-corrected chi connectivity index (χ3v) is 11.5. The molecule has 0 unspecified atom stereocenters. The van der Waals surface area contributed by atoms with Crippen molar-refractivity contribution in [3.8, 4) is 78.4 Å². The fraction of sp³-hybridized carbons (Fsp3) is 0. The third-order valence-electron chi connectivity index (χ3n) is 10.3. The largest absolute Gasteiger partial charge is 0.228 e. The molecule has 0 amide bonds. The molecule has 2 heterocycles. The lowest BCUT2D eigenvalue weighted by Crippen LogP contribution is -1.97. The van der Waals surface area contributed by atoms with E-state index in [-0.39, 0.29) is 0 Å². The minimum Gasteiger partial charge on any atom is -0.228 e. The highest BCUT2D eigenvalue weighted by Crippen LogP contribution is 2.42. The van der Waals surface area contributed by atoms with Crippen molar-refractivity contribution in [2.75, 3.05) is 0 Å². The van der Waals surface area contributed by atoms with Crippen molar-refractivity contribution in [1.29, 1.82) is 0 Å². The third kappa shape index (κ3) is 6.41. The molecule has 8 aromatic carbocycles. The first kappa shape index (κ1) is 32.7. The Hall–Kier alpha value is -6.94. The summed E-state index contributed by atoms with van der Waals surface area (Å²) < 4.78 is 2.58. The minimum atomic E-state index is 0.697. The van der Waals surface area contributed by atoms with Gasteiger partial charge < -0.3 is 0 Å². The zero-order chi connectivity index (χ0) is 36.6. The zero-order valence-electron chi connectivity index (χ0n) is 29.9. The van der Waals surface area contributed by atoms with E-state index in [9.17, 15) is 0 Å². The SMILES string of the molecule is c1ccc(-c2cccc(-c3cc(-c4cc(-c5cccc(-c6ccccc6)c5)nc(-c5ccccc5)n4)cc(-c4cccc5c4sc4ccccc45)c3)c2)cc1. The summed E-state index contributed by atoms with van der Waals surface area (Å²) in [4.78, 5) is 10.5. The van der Waals surface area contributed by atoms with E-state index in [1.807, 2.05) is 29.5 Å². The van der Waals surface area contributed by atoms with Gasteiger partial charge in [-0.2, -0.15) is 0 Å². The highest BCUT2D eigenvalue weighted by molar-refractivity contribution is 7.26. The van der Waals surface area contributed by atoms with Crippen LogP contribution in [-0.2, 0) is 0 Å². The second kappa shape index (κ2) is 14.1. The summed E-state index contributed by atoms with van der Waals surface area (Å²) in [6, 6.07) is 73.4. The molecule has 3 heteroatoms. The van der Waals surface area contributed by atoms with Crippen LogP contribution in [0.2, 0.25) is 0 Å². The molecule has 0 fully saturated rings. The summed E-state index contributed by atoms with van der Waals surface area (Å²) >= 11 is 1.86. The topological polar surface area (TPSA) is 25.8 Å². The lowest BCUT2D eigenvalue weighted by atomic mass is 9.92. The van der Waals surface area contributed by atoms with Crippen molar-refractivity contribution in [2.24, 2.45) is 0 Å². The van der Waals surface area contributed by atoms with E-state index in [0.29, 0.717) is 5.82 Å². The first-order valence-corrected chi connectivity index (χ1v) is 19.4. The Balaban J connectivity index is 1.20. The van der Waals surface area contributed by atoms with Crippen molar-refractivity contribution in [2.45, 2.75) is 0 Å². The van der Waals surface area contributed by atoms with Gasteiger partial charge in [-0.25, -0.2) is 9.97 Å². The van der Waals surface area contributed by atoms with Gasteiger partial charge in [-0.3, -0.25) is 0 Å². The first-order chi connectivity index (χ1) is 27.2. The Labute approximate surface area is 324 Å². The second-order valence-electron chi connectivity index (χ2n) is 13.8. The van der Waals surface area contributed by atoms with Gasteiger partial charge in [-0.1, -0.05) is 164 Å². The molecule has 0 aliphatic rings. The Morgan fingerprint density at radius 2 is 0.745 bits per heavy atom. The van der Waals surface area contributed by atoms with E-state index in [1.54, 1.807) is 0 Å². The maximum atomic E-state index is 5.30. The summed E-state index contributed by atoms with van der Waals surface area (Å²) in [5.41, 5.74) is 14.2. The molecule has 2 aromatic heterocycles. The van der Waals surface area contributed by atoms with Gasteiger partial charge in [0.1, 0.15) is 0 Å². The van der Waals surface area contributed by atoms with Crippen LogP contribution in [0.3, 0.4) is 0 Å². The molecule has 10 aromatic rings. The van der Waals surface area contributed by atoms with Crippen LogP contribution in [0.25, 0.3) is 98.6 Å². The molecule has 0 aliphatic carbocycles. The molecule has 10 rings (SSSR count). The number of thiophene rings is 1. The fourth-order valence-electron chi connectivity index (χ4n) is 7.53. The lowest BCUT2D eigenvalue weighted by molar-refractivity contribution is 1.18. The fourth-order valence-corrected chi connectivity index (χ4v) is 8.77. The lowest BCUT2D eigenvalue weighted by Gasteiger charge is -2.14. The number of rotatable bonds is 7. The summed E-state index contributed by atoms with van der Waals surface area (Å²) in [6.07, 6.45) is 0. The number of fused-ring (bicyclic) bond motifs is 3. The van der Waals surface area contributed by atoms with Crippen LogP contribution in [-0.4, -0.2) is 9.97 Å². The molecule has 0 radical (unpaired) electrons. The van der Waals surface area contributed by atoms with Crippen molar-refractivity contribution in [1.82, 2.24) is 9.97 Å². The van der Waals surface area contributed by atoms with Gasteiger partial charge in [0.15, 0.2) is 5.82 Å². The predicted octanol–water partition coefficient (Wildman–Crippen LogP) is 14.5. The molecule has 0 atom stereocenters. The molecule has 258 valence electrons. The Kier molecular flexibility index (Phi) is 8.40. The van der Waals surface area contributed by atoms with Crippen molar-refractivity contribution in [3.05, 3.63) is 206 Å².